The first-order chi connectivity index (χ1) is 35.1. The third-order valence-electron chi connectivity index (χ3n) is 12.7. The highest BCUT2D eigenvalue weighted by Crippen LogP contribution is 2.57. The van der Waals surface area contributed by atoms with Gasteiger partial charge in [0.2, 0.25) is 0 Å². The summed E-state index contributed by atoms with van der Waals surface area (Å²) in [7, 11) is 0. The molecule has 0 atom stereocenters. The van der Waals surface area contributed by atoms with Crippen molar-refractivity contribution in [1.82, 2.24) is 0 Å². The van der Waals surface area contributed by atoms with Crippen LogP contribution in [0.15, 0.2) is 241 Å². The van der Waals surface area contributed by atoms with E-state index in [0.29, 0.717) is 28.0 Å². The first kappa shape index (κ1) is 29.3. The van der Waals surface area contributed by atoms with Gasteiger partial charge in [0.15, 0.2) is 0 Å². The number of hydrogen-bond donors (Lipinski definition) is 0. The van der Waals surface area contributed by atoms with Gasteiger partial charge in [0.25, 0.3) is 0 Å². The monoisotopic (exact) mass is 841 g/mol. The Morgan fingerprint density at radius 2 is 0.953 bits per heavy atom. The Bertz CT molecular complexity index is 3950. The van der Waals surface area contributed by atoms with Crippen LogP contribution in [0.25, 0.3) is 75.5 Å². The van der Waals surface area contributed by atoms with Crippen molar-refractivity contribution in [2.45, 2.75) is 5.41 Å². The Morgan fingerprint density at radius 1 is 0.406 bits per heavy atom. The van der Waals surface area contributed by atoms with E-state index >= 15 is 0 Å². The zero-order valence-electron chi connectivity index (χ0n) is 42.2. The minimum Gasteiger partial charge on any atom is -0.455 e. The van der Waals surface area contributed by atoms with Crippen LogP contribution in [0.3, 0.4) is 0 Å². The lowest BCUT2D eigenvalue weighted by Gasteiger charge is -2.35. The maximum atomic E-state index is 9.98. The van der Waals surface area contributed by atoms with Crippen LogP contribution >= 0.6 is 11.3 Å². The van der Waals surface area contributed by atoms with Crippen LogP contribution in [0, 0.1) is 0 Å². The van der Waals surface area contributed by atoms with Gasteiger partial charge in [0.05, 0.1) is 16.4 Å². The van der Waals surface area contributed by atoms with Crippen molar-refractivity contribution >= 4 is 70.5 Å². The molecular weight excluding hydrogens is 795 g/mol. The molecule has 300 valence electrons. The van der Waals surface area contributed by atoms with E-state index < -0.39 is 29.6 Å². The van der Waals surface area contributed by atoms with E-state index in [1.54, 1.807) is 6.07 Å². The molecule has 3 heteroatoms. The van der Waals surface area contributed by atoms with Crippen LogP contribution in [0.4, 0.5) is 17.1 Å². The van der Waals surface area contributed by atoms with Gasteiger partial charge in [0, 0.05) is 53.6 Å². The third kappa shape index (κ3) is 5.51. The number of thiophene rings is 1. The predicted octanol–water partition coefficient (Wildman–Crippen LogP) is 17.1. The topological polar surface area (TPSA) is 16.4 Å². The second-order valence-corrected chi connectivity index (χ2v) is 17.2. The van der Waals surface area contributed by atoms with Gasteiger partial charge in [-0.3, -0.25) is 0 Å². The minimum absolute atomic E-state index is 0.0289. The number of anilines is 3. The fraction of sp³-hybridized carbons (Fsp3) is 0.0164. The van der Waals surface area contributed by atoms with E-state index in [1.165, 1.54) is 16.2 Å². The second-order valence-electron chi connectivity index (χ2n) is 16.1. The summed E-state index contributed by atoms with van der Waals surface area (Å²) in [6, 6.07) is 58.2. The number of benzene rings is 10. The van der Waals surface area contributed by atoms with E-state index in [4.69, 9.17) is 4.42 Å². The molecule has 10 aromatic carbocycles. The van der Waals surface area contributed by atoms with Gasteiger partial charge in [-0.25, -0.2) is 0 Å². The van der Waals surface area contributed by atoms with Gasteiger partial charge in [-0.05, 0) is 98.5 Å². The summed E-state index contributed by atoms with van der Waals surface area (Å²) in [5, 5.41) is 3.59. The highest BCUT2D eigenvalue weighted by atomic mass is 32.1. The van der Waals surface area contributed by atoms with Gasteiger partial charge in [0.1, 0.15) is 11.2 Å². The Hall–Kier alpha value is -7.98. The van der Waals surface area contributed by atoms with E-state index in [2.05, 4.69) is 36.4 Å². The van der Waals surface area contributed by atoms with Gasteiger partial charge >= 0.3 is 0 Å². The molecule has 2 aromatic heterocycles. The molecule has 0 radical (unpaired) electrons. The lowest BCUT2D eigenvalue weighted by Crippen LogP contribution is -2.28. The number of nitrogens with zero attached hydrogens (tertiary/aromatic N) is 1. The molecule has 0 amide bonds. The largest absolute Gasteiger partial charge is 0.455 e. The molecule has 13 rings (SSSR count). The quantitative estimate of drug-likeness (QED) is 0.159. The van der Waals surface area contributed by atoms with Crippen LogP contribution < -0.4 is 4.90 Å². The molecular formula is C61H39NOS. The molecule has 0 saturated heterocycles. The van der Waals surface area contributed by atoms with E-state index in [0.717, 1.165) is 64.3 Å². The first-order valence-electron chi connectivity index (χ1n) is 25.3. The van der Waals surface area contributed by atoms with E-state index in [9.17, 15) is 11.0 Å². The lowest BCUT2D eigenvalue weighted by atomic mass is 9.67. The lowest BCUT2D eigenvalue weighted by molar-refractivity contribution is 0.670. The van der Waals surface area contributed by atoms with Crippen LogP contribution in [-0.4, -0.2) is 0 Å². The summed E-state index contributed by atoms with van der Waals surface area (Å²) in [4.78, 5) is 1.42. The molecule has 0 fully saturated rings. The molecule has 0 aliphatic heterocycles. The average molecular weight is 842 g/mol. The van der Waals surface area contributed by atoms with Crippen LogP contribution in [0.5, 0.6) is 0 Å². The summed E-state index contributed by atoms with van der Waals surface area (Å²) in [5.41, 5.74) is 6.94. The Balaban J connectivity index is 1.11. The molecule has 1 aliphatic carbocycles. The van der Waals surface area contributed by atoms with Crippen molar-refractivity contribution in [3.05, 3.63) is 259 Å². The third-order valence-corrected chi connectivity index (χ3v) is 13.9. The van der Waals surface area contributed by atoms with Crippen LogP contribution in [-0.2, 0) is 5.41 Å². The maximum absolute atomic E-state index is 9.98. The standard InChI is InChI=1S/C61H39NOS/c1-3-15-42(16-4-1)61(43-17-5-2-6-18-43)55-26-10-7-19-49(55)50-38-37-46(39-56(50)61)62(44-33-29-40(30-34-44)47-22-13-24-53-51-20-8-11-27-57(51)63-59(47)53)45-35-31-41(32-36-45)48-23-14-25-54-52-21-9-12-28-58(52)64-60(48)54/h1-39H/i29D,30D,31D,32D,33D,34D,35D,36D. The molecule has 0 unspecified atom stereocenters. The number of rotatable bonds is 7. The molecule has 0 saturated carbocycles. The summed E-state index contributed by atoms with van der Waals surface area (Å²) in [5.74, 6) is 0. The van der Waals surface area contributed by atoms with Crippen LogP contribution in [0.2, 0.25) is 0 Å². The van der Waals surface area contributed by atoms with Crippen molar-refractivity contribution in [3.63, 3.8) is 0 Å². The van der Waals surface area contributed by atoms with E-state index in [-0.39, 0.29) is 46.7 Å². The van der Waals surface area contributed by atoms with Gasteiger partial charge in [-0.2, -0.15) is 0 Å². The molecule has 12 aromatic rings. The highest BCUT2D eigenvalue weighted by Gasteiger charge is 2.46. The molecule has 1 aliphatic rings. The molecule has 2 nitrogen and oxygen atoms in total. The molecule has 2 heterocycles. The van der Waals surface area contributed by atoms with Crippen molar-refractivity contribution in [3.8, 4) is 33.4 Å². The van der Waals surface area contributed by atoms with Crippen molar-refractivity contribution in [1.29, 1.82) is 0 Å². The van der Waals surface area contributed by atoms with E-state index in [1.807, 2.05) is 146 Å². The maximum Gasteiger partial charge on any atom is 0.143 e. The van der Waals surface area contributed by atoms with Gasteiger partial charge in [-0.15, -0.1) is 11.3 Å². The van der Waals surface area contributed by atoms with Crippen molar-refractivity contribution in [2.24, 2.45) is 0 Å². The second kappa shape index (κ2) is 14.6. The normalized spacial score (nSPS) is 14.6. The molecule has 0 N–H and O–H groups in total. The number of para-hydroxylation sites is 2. The fourth-order valence-electron chi connectivity index (χ4n) is 9.93. The SMILES string of the molecule is [2H]c1c([2H])c(N(c2ccc3c(c2)C(c2ccccc2)(c2ccccc2)c2ccccc2-3)c2c([2H])c([2H])c(-c3cccc4c3sc3ccccc34)c([2H])c2[2H])c([2H])c([2H])c1-c1cccc2c1oc1ccccc12. The Kier molecular flexibility index (Phi) is 6.67. The summed E-state index contributed by atoms with van der Waals surface area (Å²) >= 11 is 1.53. The van der Waals surface area contributed by atoms with Gasteiger partial charge < -0.3 is 9.32 Å². The zero-order chi connectivity index (χ0) is 49.2. The molecule has 0 bridgehead atoms. The molecule has 0 spiro atoms. The zero-order valence-corrected chi connectivity index (χ0v) is 35.0. The number of hydrogen-bond acceptors (Lipinski definition) is 3. The van der Waals surface area contributed by atoms with Crippen molar-refractivity contribution in [2.75, 3.05) is 4.90 Å². The highest BCUT2D eigenvalue weighted by molar-refractivity contribution is 7.26. The first-order valence-corrected chi connectivity index (χ1v) is 22.1. The van der Waals surface area contributed by atoms with Crippen molar-refractivity contribution < 1.29 is 15.4 Å². The Labute approximate surface area is 386 Å². The summed E-state index contributed by atoms with van der Waals surface area (Å²) in [6.45, 7) is 0. The predicted molar refractivity (Wildman–Crippen MR) is 269 cm³/mol. The minimum atomic E-state index is -0.887. The summed E-state index contributed by atoms with van der Waals surface area (Å²) in [6.07, 6.45) is 0. The summed E-state index contributed by atoms with van der Waals surface area (Å²) < 4.78 is 87.3. The van der Waals surface area contributed by atoms with Crippen LogP contribution in [0.1, 0.15) is 33.2 Å². The average Bonchev–Trinajstić information content (AvgIpc) is 4.09. The number of furan rings is 1. The Morgan fingerprint density at radius 3 is 1.69 bits per heavy atom. The fourth-order valence-corrected chi connectivity index (χ4v) is 11.2. The smallest absolute Gasteiger partial charge is 0.143 e. The number of fused-ring (bicyclic) bond motifs is 9. The molecule has 64 heavy (non-hydrogen) atoms. The van der Waals surface area contributed by atoms with Gasteiger partial charge in [-0.1, -0.05) is 188 Å².